The Balaban J connectivity index is 2.73. The van der Waals surface area contributed by atoms with Gasteiger partial charge < -0.3 is 10.6 Å². The molecule has 1 atom stereocenters. The first kappa shape index (κ1) is 13.6. The predicted molar refractivity (Wildman–Crippen MR) is 73.9 cm³/mol. The number of carbonyl (C=O) groups excluding carboxylic acids is 1. The van der Waals surface area contributed by atoms with Crippen LogP contribution in [-0.2, 0) is 11.2 Å². The van der Waals surface area contributed by atoms with E-state index < -0.39 is 0 Å². The van der Waals surface area contributed by atoms with Crippen molar-refractivity contribution in [3.8, 4) is 0 Å². The van der Waals surface area contributed by atoms with Crippen molar-refractivity contribution in [2.24, 2.45) is 5.73 Å². The minimum atomic E-state index is -0.207. The van der Waals surface area contributed by atoms with Gasteiger partial charge in [-0.15, -0.1) is 0 Å². The zero-order valence-electron chi connectivity index (χ0n) is 10.4. The van der Waals surface area contributed by atoms with E-state index in [2.05, 4.69) is 0 Å². The number of thiocarbonyl (C=S) groups is 1. The highest BCUT2D eigenvalue weighted by atomic mass is 32.1. The molecule has 1 aromatic carbocycles. The van der Waals surface area contributed by atoms with Gasteiger partial charge in [-0.05, 0) is 25.0 Å². The first-order valence-electron chi connectivity index (χ1n) is 5.53. The second kappa shape index (κ2) is 5.77. The lowest BCUT2D eigenvalue weighted by Gasteiger charge is -2.24. The number of hydrogen-bond acceptors (Lipinski definition) is 2. The van der Waals surface area contributed by atoms with Crippen LogP contribution in [0.3, 0.4) is 0 Å². The maximum absolute atomic E-state index is 12.0. The number of amides is 1. The summed E-state index contributed by atoms with van der Waals surface area (Å²) < 4.78 is 0. The molecule has 1 rings (SSSR count). The highest BCUT2D eigenvalue weighted by Gasteiger charge is 2.18. The highest BCUT2D eigenvalue weighted by Crippen LogP contribution is 2.10. The standard InChI is InChI=1S/C13H18N2OS/c1-9-6-4-5-7-11(9)8-12(16)15(3)10(2)13(14)17/h4-7,10H,8H2,1-3H3,(H2,14,17). The van der Waals surface area contributed by atoms with Crippen molar-refractivity contribution in [2.45, 2.75) is 26.3 Å². The molecule has 17 heavy (non-hydrogen) atoms. The van der Waals surface area contributed by atoms with Crippen LogP contribution in [0.2, 0.25) is 0 Å². The highest BCUT2D eigenvalue weighted by molar-refractivity contribution is 7.80. The molecule has 0 aliphatic carbocycles. The summed E-state index contributed by atoms with van der Waals surface area (Å²) in [7, 11) is 1.73. The molecule has 1 amide bonds. The Morgan fingerprint density at radius 1 is 1.47 bits per heavy atom. The van der Waals surface area contributed by atoms with Gasteiger partial charge in [-0.1, -0.05) is 36.5 Å². The average Bonchev–Trinajstić information content (AvgIpc) is 2.30. The summed E-state index contributed by atoms with van der Waals surface area (Å²) >= 11 is 4.89. The molecule has 0 aliphatic rings. The smallest absolute Gasteiger partial charge is 0.227 e. The molecule has 3 nitrogen and oxygen atoms in total. The summed E-state index contributed by atoms with van der Waals surface area (Å²) in [6.45, 7) is 3.83. The van der Waals surface area contributed by atoms with Crippen molar-refractivity contribution < 1.29 is 4.79 Å². The van der Waals surface area contributed by atoms with E-state index in [1.54, 1.807) is 11.9 Å². The number of benzene rings is 1. The van der Waals surface area contributed by atoms with Crippen molar-refractivity contribution in [1.82, 2.24) is 4.90 Å². The van der Waals surface area contributed by atoms with Crippen LogP contribution in [0.5, 0.6) is 0 Å². The number of aryl methyl sites for hydroxylation is 1. The molecule has 2 N–H and O–H groups in total. The Labute approximate surface area is 108 Å². The molecule has 0 aliphatic heterocycles. The largest absolute Gasteiger partial charge is 0.392 e. The van der Waals surface area contributed by atoms with E-state index in [-0.39, 0.29) is 11.9 Å². The minimum absolute atomic E-state index is 0.0274. The van der Waals surface area contributed by atoms with Crippen LogP contribution in [-0.4, -0.2) is 28.9 Å². The summed E-state index contributed by atoms with van der Waals surface area (Å²) in [5.74, 6) is 0.0274. The van der Waals surface area contributed by atoms with Gasteiger partial charge in [0.05, 0.1) is 17.5 Å². The number of nitrogens with two attached hydrogens (primary N) is 1. The summed E-state index contributed by atoms with van der Waals surface area (Å²) in [5.41, 5.74) is 7.70. The molecule has 0 heterocycles. The van der Waals surface area contributed by atoms with Gasteiger partial charge in [-0.3, -0.25) is 4.79 Å². The van der Waals surface area contributed by atoms with E-state index in [4.69, 9.17) is 18.0 Å². The van der Waals surface area contributed by atoms with Gasteiger partial charge >= 0.3 is 0 Å². The van der Waals surface area contributed by atoms with Crippen LogP contribution < -0.4 is 5.73 Å². The van der Waals surface area contributed by atoms with Crippen LogP contribution in [0.1, 0.15) is 18.1 Å². The van der Waals surface area contributed by atoms with E-state index >= 15 is 0 Å². The Morgan fingerprint density at radius 2 is 2.06 bits per heavy atom. The van der Waals surface area contributed by atoms with Crippen LogP contribution in [0.4, 0.5) is 0 Å². The summed E-state index contributed by atoms with van der Waals surface area (Å²) in [4.78, 5) is 14.0. The van der Waals surface area contributed by atoms with Crippen LogP contribution >= 0.6 is 12.2 Å². The van der Waals surface area contributed by atoms with Crippen molar-refractivity contribution in [3.63, 3.8) is 0 Å². The Kier molecular flexibility index (Phi) is 4.63. The molecule has 0 saturated carbocycles. The van der Waals surface area contributed by atoms with E-state index in [9.17, 15) is 4.79 Å². The van der Waals surface area contributed by atoms with Gasteiger partial charge in [0.25, 0.3) is 0 Å². The topological polar surface area (TPSA) is 46.3 Å². The Hall–Kier alpha value is -1.42. The number of carbonyl (C=O) groups is 1. The third-order valence-electron chi connectivity index (χ3n) is 2.99. The fourth-order valence-corrected chi connectivity index (χ4v) is 1.66. The molecule has 0 spiro atoms. The van der Waals surface area contributed by atoms with Gasteiger partial charge in [-0.25, -0.2) is 0 Å². The number of rotatable bonds is 4. The van der Waals surface area contributed by atoms with Gasteiger partial charge in [0.15, 0.2) is 0 Å². The number of likely N-dealkylation sites (N-methyl/N-ethyl adjacent to an activating group) is 1. The van der Waals surface area contributed by atoms with E-state index in [1.165, 1.54) is 0 Å². The summed E-state index contributed by atoms with van der Waals surface area (Å²) in [6.07, 6.45) is 0.385. The molecule has 1 aromatic rings. The van der Waals surface area contributed by atoms with Gasteiger partial charge in [0.2, 0.25) is 5.91 Å². The quantitative estimate of drug-likeness (QED) is 0.827. The SMILES string of the molecule is Cc1ccccc1CC(=O)N(C)C(C)C(N)=S. The first-order chi connectivity index (χ1) is 7.93. The lowest BCUT2D eigenvalue weighted by atomic mass is 10.1. The fourth-order valence-electron chi connectivity index (χ4n) is 1.50. The van der Waals surface area contributed by atoms with E-state index in [0.717, 1.165) is 11.1 Å². The molecule has 4 heteroatoms. The summed E-state index contributed by atoms with van der Waals surface area (Å²) in [5, 5.41) is 0. The third kappa shape index (κ3) is 3.53. The van der Waals surface area contributed by atoms with Gasteiger partial charge in [0, 0.05) is 7.05 Å². The zero-order chi connectivity index (χ0) is 13.0. The monoisotopic (exact) mass is 250 g/mol. The summed E-state index contributed by atoms with van der Waals surface area (Å²) in [6, 6.07) is 7.66. The first-order valence-corrected chi connectivity index (χ1v) is 5.93. The fraction of sp³-hybridized carbons (Fsp3) is 0.385. The maximum atomic E-state index is 12.0. The minimum Gasteiger partial charge on any atom is -0.392 e. The predicted octanol–water partition coefficient (Wildman–Crippen LogP) is 1.67. The molecular weight excluding hydrogens is 232 g/mol. The molecule has 0 bridgehead atoms. The molecule has 92 valence electrons. The lowest BCUT2D eigenvalue weighted by Crippen LogP contribution is -2.43. The molecule has 0 aromatic heterocycles. The zero-order valence-corrected chi connectivity index (χ0v) is 11.3. The van der Waals surface area contributed by atoms with Gasteiger partial charge in [0.1, 0.15) is 0 Å². The van der Waals surface area contributed by atoms with Crippen molar-refractivity contribution >= 4 is 23.1 Å². The van der Waals surface area contributed by atoms with Crippen molar-refractivity contribution in [2.75, 3.05) is 7.05 Å². The Morgan fingerprint density at radius 3 is 2.59 bits per heavy atom. The molecule has 1 unspecified atom stereocenters. The number of nitrogens with zero attached hydrogens (tertiary/aromatic N) is 1. The van der Waals surface area contributed by atoms with Crippen LogP contribution in [0.25, 0.3) is 0 Å². The molecule has 0 fully saturated rings. The second-order valence-electron chi connectivity index (χ2n) is 4.19. The van der Waals surface area contributed by atoms with Crippen LogP contribution in [0.15, 0.2) is 24.3 Å². The van der Waals surface area contributed by atoms with E-state index in [1.807, 2.05) is 38.1 Å². The average molecular weight is 250 g/mol. The van der Waals surface area contributed by atoms with Crippen molar-refractivity contribution in [1.29, 1.82) is 0 Å². The molecule has 0 radical (unpaired) electrons. The normalized spacial score (nSPS) is 11.9. The van der Waals surface area contributed by atoms with Gasteiger partial charge in [-0.2, -0.15) is 0 Å². The maximum Gasteiger partial charge on any atom is 0.227 e. The van der Waals surface area contributed by atoms with E-state index in [0.29, 0.717) is 11.4 Å². The molecule has 0 saturated heterocycles. The Bertz CT molecular complexity index is 431. The second-order valence-corrected chi connectivity index (χ2v) is 4.66. The van der Waals surface area contributed by atoms with Crippen molar-refractivity contribution in [3.05, 3.63) is 35.4 Å². The lowest BCUT2D eigenvalue weighted by molar-refractivity contribution is -0.129. The van der Waals surface area contributed by atoms with Crippen LogP contribution in [0, 0.1) is 6.92 Å². The number of hydrogen-bond donors (Lipinski definition) is 1. The third-order valence-corrected chi connectivity index (χ3v) is 3.33. The molecular formula is C13H18N2OS.